The van der Waals surface area contributed by atoms with E-state index in [1.807, 2.05) is 0 Å². The van der Waals surface area contributed by atoms with Crippen LogP contribution < -0.4 is 0 Å². The van der Waals surface area contributed by atoms with Crippen molar-refractivity contribution in [2.24, 2.45) is 0 Å². The van der Waals surface area contributed by atoms with Crippen LogP contribution in [0.1, 0.15) is 0 Å². The summed E-state index contributed by atoms with van der Waals surface area (Å²) in [6.45, 7) is 0. The Morgan fingerprint density at radius 2 is 0.352 bits per heavy atom. The molecule has 6 heteroatoms. The van der Waals surface area contributed by atoms with E-state index in [9.17, 15) is 0 Å². The van der Waals surface area contributed by atoms with Gasteiger partial charge in [-0.1, -0.05) is 231 Å². The summed E-state index contributed by atoms with van der Waals surface area (Å²) in [5.41, 5.74) is 18.7. The highest BCUT2D eigenvalue weighted by Gasteiger charge is 2.21. The second kappa shape index (κ2) is 21.0. The fraction of sp³-hybridized carbons (Fsp3) is 0. The van der Waals surface area contributed by atoms with Gasteiger partial charge in [-0.15, -0.1) is 0 Å². The van der Waals surface area contributed by atoms with Gasteiger partial charge in [0.25, 0.3) is 0 Å². The summed E-state index contributed by atoms with van der Waals surface area (Å²) in [4.78, 5) is 10.7. The number of hydrogen-bond acceptors (Lipinski definition) is 2. The van der Waals surface area contributed by atoms with Crippen LogP contribution in [0, 0.1) is 0 Å². The summed E-state index contributed by atoms with van der Waals surface area (Å²) in [5.74, 6) is 3.59. The second-order valence-electron chi connectivity index (χ2n) is 22.5. The lowest BCUT2D eigenvalue weighted by Crippen LogP contribution is -2.03. The average Bonchev–Trinajstić information content (AvgIpc) is 2.88. The van der Waals surface area contributed by atoms with Crippen molar-refractivity contribution in [2.75, 3.05) is 0 Å². The van der Waals surface area contributed by atoms with E-state index in [1.165, 1.54) is 110 Å². The van der Waals surface area contributed by atoms with Gasteiger partial charge in [0.05, 0.1) is 44.1 Å². The van der Waals surface area contributed by atoms with Gasteiger partial charge in [-0.3, -0.25) is 18.3 Å². The monoisotopic (exact) mass is 1120 g/mol. The molecule has 0 bridgehead atoms. The lowest BCUT2D eigenvalue weighted by molar-refractivity contribution is 1.01. The summed E-state index contributed by atoms with van der Waals surface area (Å²) >= 11 is 0. The van der Waals surface area contributed by atoms with Crippen molar-refractivity contribution in [3.05, 3.63) is 328 Å². The van der Waals surface area contributed by atoms with Crippen LogP contribution in [0.3, 0.4) is 0 Å². The second-order valence-corrected chi connectivity index (χ2v) is 22.5. The molecule has 0 amide bonds. The Hall–Kier alpha value is -11.9. The first kappa shape index (κ1) is 50.6. The molecule has 0 radical (unpaired) electrons. The van der Waals surface area contributed by atoms with E-state index in [4.69, 9.17) is 9.97 Å². The summed E-state index contributed by atoms with van der Waals surface area (Å²) in [5, 5.41) is 9.77. The van der Waals surface area contributed by atoms with Crippen molar-refractivity contribution in [3.8, 4) is 67.8 Å². The molecule has 6 heterocycles. The van der Waals surface area contributed by atoms with Gasteiger partial charge in [0.1, 0.15) is 23.3 Å². The van der Waals surface area contributed by atoms with Crippen molar-refractivity contribution < 1.29 is 0 Å². The Balaban J connectivity index is 0.000000158. The molecule has 0 aliphatic rings. The Bertz CT molecular complexity index is 5030. The third kappa shape index (κ3) is 8.49. The molecule has 6 nitrogen and oxygen atoms in total. The zero-order chi connectivity index (χ0) is 58.1. The average molecular weight is 1120 g/mol. The molecule has 0 unspecified atom stereocenters. The molecule has 0 aliphatic carbocycles. The van der Waals surface area contributed by atoms with E-state index in [2.05, 4.69) is 346 Å². The highest BCUT2D eigenvalue weighted by Crippen LogP contribution is 2.41. The number of pyridine rings is 2. The van der Waals surface area contributed by atoms with Crippen molar-refractivity contribution in [2.45, 2.75) is 0 Å². The number of rotatable bonds is 8. The molecule has 0 saturated heterocycles. The Morgan fingerprint density at radius 1 is 0.148 bits per heavy atom. The van der Waals surface area contributed by atoms with Gasteiger partial charge >= 0.3 is 0 Å². The Labute approximate surface area is 508 Å². The zero-order valence-electron chi connectivity index (χ0n) is 47.9. The van der Waals surface area contributed by atoms with E-state index in [-0.39, 0.29) is 0 Å². The highest BCUT2D eigenvalue weighted by atomic mass is 15.1. The Morgan fingerprint density at radius 3 is 0.591 bits per heavy atom. The largest absolute Gasteiger partial charge is 0.294 e. The SMILES string of the molecule is c1cc(-n2c3ccccc3c3ccccc32)nc(-n2c3ccccc3c3ccccc32)c1.c1ccc(-c2ccc3c(c2)c2cc(-c4ccccc4)ccc2n3-c2cccc(-n3c4ccc(-c5ccccc5)cc4c4cc(-c5ccccc5)ccc43)n2)cc1. The minimum atomic E-state index is 0.874. The molecule has 0 spiro atoms. The van der Waals surface area contributed by atoms with Gasteiger partial charge in [-0.2, -0.15) is 0 Å². The van der Waals surface area contributed by atoms with Crippen LogP contribution in [-0.4, -0.2) is 28.2 Å². The third-order valence-electron chi connectivity index (χ3n) is 17.5. The van der Waals surface area contributed by atoms with Crippen molar-refractivity contribution >= 4 is 87.2 Å². The summed E-state index contributed by atoms with van der Waals surface area (Å²) in [7, 11) is 0. The third-order valence-corrected chi connectivity index (χ3v) is 17.5. The molecule has 18 rings (SSSR count). The first-order valence-electron chi connectivity index (χ1n) is 30.0. The Kier molecular flexibility index (Phi) is 12.1. The maximum absolute atomic E-state index is 5.51. The van der Waals surface area contributed by atoms with E-state index in [0.29, 0.717) is 0 Å². The molecular formula is C82H54N6. The topological polar surface area (TPSA) is 45.5 Å². The smallest absolute Gasteiger partial charge is 0.140 e. The van der Waals surface area contributed by atoms with E-state index < -0.39 is 0 Å². The molecule has 0 fully saturated rings. The predicted octanol–water partition coefficient (Wildman–Crippen LogP) is 21.2. The van der Waals surface area contributed by atoms with Gasteiger partial charge in [-0.25, -0.2) is 9.97 Å². The molecule has 6 aromatic heterocycles. The fourth-order valence-electron chi connectivity index (χ4n) is 13.4. The zero-order valence-corrected chi connectivity index (χ0v) is 47.9. The van der Waals surface area contributed by atoms with E-state index >= 15 is 0 Å². The maximum atomic E-state index is 5.51. The van der Waals surface area contributed by atoms with Gasteiger partial charge in [0.15, 0.2) is 0 Å². The summed E-state index contributed by atoms with van der Waals surface area (Å²) in [6.07, 6.45) is 0. The quantitative estimate of drug-likeness (QED) is 0.152. The minimum absolute atomic E-state index is 0.874. The lowest BCUT2D eigenvalue weighted by Gasteiger charge is -2.12. The first-order chi connectivity index (χ1) is 43.7. The van der Waals surface area contributed by atoms with Gasteiger partial charge in [0, 0.05) is 43.1 Å². The molecule has 0 N–H and O–H groups in total. The number of fused-ring (bicyclic) bond motifs is 12. The molecule has 88 heavy (non-hydrogen) atoms. The normalized spacial score (nSPS) is 11.6. The number of para-hydroxylation sites is 4. The van der Waals surface area contributed by atoms with Crippen molar-refractivity contribution in [1.82, 2.24) is 28.2 Å². The van der Waals surface area contributed by atoms with E-state index in [1.54, 1.807) is 0 Å². The molecule has 412 valence electrons. The minimum Gasteiger partial charge on any atom is -0.294 e. The van der Waals surface area contributed by atoms with Crippen LogP contribution in [0.4, 0.5) is 0 Å². The fourth-order valence-corrected chi connectivity index (χ4v) is 13.4. The molecule has 18 aromatic rings. The number of aromatic nitrogens is 6. The molecule has 0 aliphatic heterocycles. The number of nitrogens with zero attached hydrogens (tertiary/aromatic N) is 6. The maximum Gasteiger partial charge on any atom is 0.140 e. The van der Waals surface area contributed by atoms with Crippen molar-refractivity contribution in [3.63, 3.8) is 0 Å². The van der Waals surface area contributed by atoms with Crippen LogP contribution in [0.2, 0.25) is 0 Å². The summed E-state index contributed by atoms with van der Waals surface area (Å²) < 4.78 is 9.18. The summed E-state index contributed by atoms with van der Waals surface area (Å²) in [6, 6.07) is 117. The van der Waals surface area contributed by atoms with Crippen LogP contribution in [0.15, 0.2) is 328 Å². The molecule has 0 atom stereocenters. The van der Waals surface area contributed by atoms with Crippen LogP contribution in [0.25, 0.3) is 155 Å². The van der Waals surface area contributed by atoms with Crippen LogP contribution >= 0.6 is 0 Å². The predicted molar refractivity (Wildman–Crippen MR) is 368 cm³/mol. The van der Waals surface area contributed by atoms with Crippen LogP contribution in [0.5, 0.6) is 0 Å². The van der Waals surface area contributed by atoms with E-state index in [0.717, 1.165) is 45.3 Å². The standard InChI is InChI=1S/C53H35N3.C29H19N3/c1-5-14-36(15-6-1)40-24-28-48-44(32-40)45-33-41(37-16-7-2-8-17-37)25-29-49(45)55(48)52-22-13-23-53(54-52)56-50-30-26-42(38-18-9-3-10-19-38)34-46(50)47-35-43(27-31-51(47)56)39-20-11-4-12-21-39;1-5-14-24-20(10-1)21-11-2-6-15-25(21)31(24)28-18-9-19-29(30-28)32-26-16-7-3-12-22(26)23-13-4-8-17-27(23)32/h1-35H;1-19H. The number of benzene rings is 12. The highest BCUT2D eigenvalue weighted by molar-refractivity contribution is 6.14. The van der Waals surface area contributed by atoms with Gasteiger partial charge in [0.2, 0.25) is 0 Å². The molecule has 0 saturated carbocycles. The molecular weight excluding hydrogens is 1070 g/mol. The van der Waals surface area contributed by atoms with Crippen LogP contribution in [-0.2, 0) is 0 Å². The molecule has 12 aromatic carbocycles. The van der Waals surface area contributed by atoms with Gasteiger partial charge < -0.3 is 0 Å². The van der Waals surface area contributed by atoms with Gasteiger partial charge in [-0.05, 0) is 142 Å². The lowest BCUT2D eigenvalue weighted by atomic mass is 10.0. The van der Waals surface area contributed by atoms with Crippen molar-refractivity contribution in [1.29, 1.82) is 0 Å². The first-order valence-corrected chi connectivity index (χ1v) is 30.0. The number of hydrogen-bond donors (Lipinski definition) is 0.